The van der Waals surface area contributed by atoms with Gasteiger partial charge in [0.25, 0.3) is 0 Å². The molecule has 0 fully saturated rings. The predicted octanol–water partition coefficient (Wildman–Crippen LogP) is 3.91. The van der Waals surface area contributed by atoms with Crippen molar-refractivity contribution in [2.24, 2.45) is 0 Å². The lowest BCUT2D eigenvalue weighted by atomic mass is 10.2. The largest absolute Gasteiger partial charge is 0.310 e. The van der Waals surface area contributed by atoms with E-state index in [1.165, 1.54) is 0 Å². The van der Waals surface area contributed by atoms with Crippen molar-refractivity contribution in [1.29, 1.82) is 0 Å². The second kappa shape index (κ2) is 6.37. The van der Waals surface area contributed by atoms with E-state index in [4.69, 9.17) is 0 Å². The predicted molar refractivity (Wildman–Crippen MR) is 88.2 cm³/mol. The van der Waals surface area contributed by atoms with Crippen LogP contribution >= 0.6 is 31.9 Å². The molecule has 0 unspecified atom stereocenters. The summed E-state index contributed by atoms with van der Waals surface area (Å²) < 4.78 is 3.90. The van der Waals surface area contributed by atoms with Crippen LogP contribution in [0, 0.1) is 13.8 Å². The zero-order chi connectivity index (χ0) is 14.9. The third-order valence-corrected chi connectivity index (χ3v) is 4.60. The number of pyridine rings is 1. The smallest absolute Gasteiger partial charge is 0.158 e. The fourth-order valence-corrected chi connectivity index (χ4v) is 2.56. The molecule has 0 radical (unpaired) electrons. The van der Waals surface area contributed by atoms with Gasteiger partial charge in [-0.25, -0.2) is 9.67 Å². The van der Waals surface area contributed by atoms with Crippen molar-refractivity contribution in [3.63, 3.8) is 0 Å². The molecular formula is C14H18Br2N4. The molecule has 2 rings (SSSR count). The molecular weight excluding hydrogens is 384 g/mol. The molecule has 0 aromatic carbocycles. The van der Waals surface area contributed by atoms with Gasteiger partial charge in [-0.3, -0.25) is 0 Å². The van der Waals surface area contributed by atoms with Gasteiger partial charge in [-0.1, -0.05) is 13.8 Å². The van der Waals surface area contributed by atoms with Crippen molar-refractivity contribution < 1.29 is 0 Å². The average molecular weight is 402 g/mol. The number of nitrogens with one attached hydrogen (secondary N) is 1. The van der Waals surface area contributed by atoms with Crippen LogP contribution in [0.1, 0.15) is 30.8 Å². The van der Waals surface area contributed by atoms with Gasteiger partial charge in [-0.05, 0) is 51.8 Å². The second-order valence-corrected chi connectivity index (χ2v) is 6.78. The number of rotatable bonds is 4. The minimum Gasteiger partial charge on any atom is -0.310 e. The van der Waals surface area contributed by atoms with Crippen LogP contribution in [0.4, 0.5) is 0 Å². The Hall–Kier alpha value is -0.720. The van der Waals surface area contributed by atoms with E-state index in [0.29, 0.717) is 6.04 Å². The SMILES string of the molecule is Cc1nn(-c2ncc(Br)cc2CNC(C)C)c(C)c1Br. The zero-order valence-corrected chi connectivity index (χ0v) is 15.2. The van der Waals surface area contributed by atoms with E-state index in [-0.39, 0.29) is 0 Å². The first-order valence-corrected chi connectivity index (χ1v) is 8.08. The lowest BCUT2D eigenvalue weighted by Crippen LogP contribution is -2.23. The lowest BCUT2D eigenvalue weighted by Gasteiger charge is -2.13. The Balaban J connectivity index is 2.47. The van der Waals surface area contributed by atoms with E-state index in [1.54, 1.807) is 6.20 Å². The van der Waals surface area contributed by atoms with Gasteiger partial charge in [0.05, 0.1) is 15.9 Å². The van der Waals surface area contributed by atoms with Gasteiger partial charge in [0.15, 0.2) is 5.82 Å². The van der Waals surface area contributed by atoms with Crippen LogP contribution in [0.25, 0.3) is 5.82 Å². The van der Waals surface area contributed by atoms with Crippen molar-refractivity contribution in [2.45, 2.75) is 40.3 Å². The third kappa shape index (κ3) is 3.30. The van der Waals surface area contributed by atoms with Crippen LogP contribution in [0.3, 0.4) is 0 Å². The number of aromatic nitrogens is 3. The van der Waals surface area contributed by atoms with E-state index in [1.807, 2.05) is 18.5 Å². The maximum atomic E-state index is 4.56. The van der Waals surface area contributed by atoms with Gasteiger partial charge in [-0.15, -0.1) is 0 Å². The van der Waals surface area contributed by atoms with E-state index in [9.17, 15) is 0 Å². The Morgan fingerprint density at radius 2 is 2.00 bits per heavy atom. The zero-order valence-electron chi connectivity index (χ0n) is 12.0. The summed E-state index contributed by atoms with van der Waals surface area (Å²) >= 11 is 7.05. The first-order valence-electron chi connectivity index (χ1n) is 6.50. The van der Waals surface area contributed by atoms with Gasteiger partial charge in [0.2, 0.25) is 0 Å². The van der Waals surface area contributed by atoms with Crippen LogP contribution in [0.5, 0.6) is 0 Å². The van der Waals surface area contributed by atoms with Gasteiger partial charge >= 0.3 is 0 Å². The summed E-state index contributed by atoms with van der Waals surface area (Å²) in [4.78, 5) is 4.53. The third-order valence-electron chi connectivity index (χ3n) is 3.01. The highest BCUT2D eigenvalue weighted by Gasteiger charge is 2.15. The first-order chi connectivity index (χ1) is 9.40. The highest BCUT2D eigenvalue weighted by atomic mass is 79.9. The quantitative estimate of drug-likeness (QED) is 0.844. The van der Waals surface area contributed by atoms with Gasteiger partial charge in [0, 0.05) is 28.8 Å². The number of hydrogen-bond donors (Lipinski definition) is 1. The van der Waals surface area contributed by atoms with Gasteiger partial charge < -0.3 is 5.32 Å². The molecule has 2 aromatic heterocycles. The second-order valence-electron chi connectivity index (χ2n) is 5.07. The Morgan fingerprint density at radius 1 is 1.30 bits per heavy atom. The van der Waals surface area contributed by atoms with E-state index < -0.39 is 0 Å². The topological polar surface area (TPSA) is 42.7 Å². The Kier molecular flexibility index (Phi) is 4.99. The Labute approximate surface area is 136 Å². The molecule has 1 N–H and O–H groups in total. The van der Waals surface area contributed by atoms with Crippen LogP contribution in [-0.4, -0.2) is 20.8 Å². The van der Waals surface area contributed by atoms with E-state index in [0.717, 1.165) is 38.3 Å². The maximum Gasteiger partial charge on any atom is 0.158 e. The molecule has 0 aliphatic rings. The molecule has 0 bridgehead atoms. The summed E-state index contributed by atoms with van der Waals surface area (Å²) in [6.45, 7) is 9.04. The molecule has 0 aliphatic carbocycles. The molecule has 0 saturated heterocycles. The number of aryl methyl sites for hydroxylation is 1. The van der Waals surface area contributed by atoms with Gasteiger partial charge in [-0.2, -0.15) is 5.10 Å². The number of halogens is 2. The lowest BCUT2D eigenvalue weighted by molar-refractivity contribution is 0.584. The van der Waals surface area contributed by atoms with Crippen molar-refractivity contribution in [2.75, 3.05) is 0 Å². The van der Waals surface area contributed by atoms with Crippen molar-refractivity contribution in [3.05, 3.63) is 38.2 Å². The summed E-state index contributed by atoms with van der Waals surface area (Å²) in [5, 5.41) is 7.99. The fraction of sp³-hybridized carbons (Fsp3) is 0.429. The van der Waals surface area contributed by atoms with Crippen molar-refractivity contribution >= 4 is 31.9 Å². The molecule has 0 spiro atoms. The molecule has 0 saturated carbocycles. The highest BCUT2D eigenvalue weighted by molar-refractivity contribution is 9.10. The van der Waals surface area contributed by atoms with Crippen molar-refractivity contribution in [3.8, 4) is 5.82 Å². The fourth-order valence-electron chi connectivity index (χ4n) is 1.94. The summed E-state index contributed by atoms with van der Waals surface area (Å²) in [6.07, 6.45) is 1.80. The summed E-state index contributed by atoms with van der Waals surface area (Å²) in [6, 6.07) is 2.51. The minimum atomic E-state index is 0.425. The molecule has 108 valence electrons. The van der Waals surface area contributed by atoms with Gasteiger partial charge in [0.1, 0.15) is 0 Å². The molecule has 6 heteroatoms. The first kappa shape index (κ1) is 15.7. The Morgan fingerprint density at radius 3 is 2.55 bits per heavy atom. The average Bonchev–Trinajstić information content (AvgIpc) is 2.64. The maximum absolute atomic E-state index is 4.56. The summed E-state index contributed by atoms with van der Waals surface area (Å²) in [5.41, 5.74) is 3.14. The van der Waals surface area contributed by atoms with E-state index >= 15 is 0 Å². The minimum absolute atomic E-state index is 0.425. The van der Waals surface area contributed by atoms with Crippen LogP contribution in [-0.2, 0) is 6.54 Å². The van der Waals surface area contributed by atoms with Crippen LogP contribution in [0.15, 0.2) is 21.2 Å². The Bertz CT molecular complexity index is 620. The number of nitrogens with zero attached hydrogens (tertiary/aromatic N) is 3. The molecule has 2 heterocycles. The van der Waals surface area contributed by atoms with E-state index in [2.05, 4.69) is 67.2 Å². The monoisotopic (exact) mass is 400 g/mol. The van der Waals surface area contributed by atoms with Crippen molar-refractivity contribution in [1.82, 2.24) is 20.1 Å². The molecule has 4 nitrogen and oxygen atoms in total. The normalized spacial score (nSPS) is 11.3. The standard InChI is InChI=1S/C14H18Br2N4/c1-8(2)17-6-11-5-12(15)7-18-14(11)20-10(4)13(16)9(3)19-20/h5,7-8,17H,6H2,1-4H3. The van der Waals surface area contributed by atoms with Crippen LogP contribution in [0.2, 0.25) is 0 Å². The van der Waals surface area contributed by atoms with Crippen LogP contribution < -0.4 is 5.32 Å². The molecule has 20 heavy (non-hydrogen) atoms. The molecule has 2 aromatic rings. The summed E-state index contributed by atoms with van der Waals surface area (Å²) in [7, 11) is 0. The summed E-state index contributed by atoms with van der Waals surface area (Å²) in [5.74, 6) is 0.868. The highest BCUT2D eigenvalue weighted by Crippen LogP contribution is 2.25. The molecule has 0 atom stereocenters. The number of hydrogen-bond acceptors (Lipinski definition) is 3. The molecule has 0 amide bonds. The molecule has 0 aliphatic heterocycles.